The summed E-state index contributed by atoms with van der Waals surface area (Å²) in [6.45, 7) is 0.278. The van der Waals surface area contributed by atoms with Crippen LogP contribution in [0.15, 0.2) is 42.5 Å². The molecule has 21 heavy (non-hydrogen) atoms. The second-order valence-corrected chi connectivity index (χ2v) is 5.15. The van der Waals surface area contributed by atoms with E-state index in [0.29, 0.717) is 27.5 Å². The summed E-state index contributed by atoms with van der Waals surface area (Å²) in [5, 5.41) is 1.32. The van der Waals surface area contributed by atoms with Crippen LogP contribution < -0.4 is 11.5 Å². The van der Waals surface area contributed by atoms with E-state index in [4.69, 9.17) is 23.1 Å². The molecule has 3 nitrogen and oxygen atoms in total. The molecule has 0 unspecified atom stereocenters. The first-order chi connectivity index (χ1) is 10.1. The van der Waals surface area contributed by atoms with Gasteiger partial charge in [0.1, 0.15) is 5.82 Å². The second kappa shape index (κ2) is 5.31. The lowest BCUT2D eigenvalue weighted by Gasteiger charge is -2.12. The van der Waals surface area contributed by atoms with E-state index in [1.807, 2.05) is 18.2 Å². The Hall–Kier alpha value is -2.17. The van der Waals surface area contributed by atoms with Crippen molar-refractivity contribution in [1.82, 2.24) is 4.98 Å². The third-order valence-corrected chi connectivity index (χ3v) is 3.69. The molecule has 106 valence electrons. The van der Waals surface area contributed by atoms with E-state index in [9.17, 15) is 4.39 Å². The fourth-order valence-corrected chi connectivity index (χ4v) is 2.54. The predicted molar refractivity (Wildman–Crippen MR) is 84.5 cm³/mol. The largest absolute Gasteiger partial charge is 0.397 e. The summed E-state index contributed by atoms with van der Waals surface area (Å²) >= 11 is 6.17. The van der Waals surface area contributed by atoms with Crippen LogP contribution >= 0.6 is 11.6 Å². The molecule has 0 amide bonds. The molecule has 0 aliphatic rings. The minimum absolute atomic E-state index is 0.278. The number of fused-ring (bicyclic) bond motifs is 1. The zero-order valence-electron chi connectivity index (χ0n) is 11.1. The lowest BCUT2D eigenvalue weighted by atomic mass is 10.0. The molecule has 0 saturated carbocycles. The molecule has 3 aromatic rings. The summed E-state index contributed by atoms with van der Waals surface area (Å²) in [4.78, 5) is 4.56. The van der Waals surface area contributed by atoms with Crippen molar-refractivity contribution < 1.29 is 4.39 Å². The van der Waals surface area contributed by atoms with Crippen LogP contribution in [0, 0.1) is 5.82 Å². The van der Waals surface area contributed by atoms with Crippen molar-refractivity contribution in [2.75, 3.05) is 5.73 Å². The molecule has 5 heteroatoms. The minimum Gasteiger partial charge on any atom is -0.397 e. The number of halogens is 2. The predicted octanol–water partition coefficient (Wildman–Crippen LogP) is 3.74. The van der Waals surface area contributed by atoms with Crippen LogP contribution in [0.2, 0.25) is 5.02 Å². The number of hydrogen-bond donors (Lipinski definition) is 2. The Labute approximate surface area is 126 Å². The van der Waals surface area contributed by atoms with Crippen LogP contribution in [-0.4, -0.2) is 4.98 Å². The molecule has 2 aromatic carbocycles. The molecule has 0 saturated heterocycles. The quantitative estimate of drug-likeness (QED) is 0.709. The van der Waals surface area contributed by atoms with Gasteiger partial charge in [-0.2, -0.15) is 0 Å². The summed E-state index contributed by atoms with van der Waals surface area (Å²) < 4.78 is 13.5. The summed E-state index contributed by atoms with van der Waals surface area (Å²) in [5.74, 6) is -0.375. The summed E-state index contributed by atoms with van der Waals surface area (Å²) in [5.41, 5.74) is 14.8. The zero-order valence-corrected chi connectivity index (χ0v) is 11.9. The van der Waals surface area contributed by atoms with Gasteiger partial charge in [-0.15, -0.1) is 0 Å². The fourth-order valence-electron chi connectivity index (χ4n) is 2.33. The molecule has 3 rings (SSSR count). The van der Waals surface area contributed by atoms with Gasteiger partial charge in [0.2, 0.25) is 0 Å². The summed E-state index contributed by atoms with van der Waals surface area (Å²) in [6.07, 6.45) is 0. The zero-order chi connectivity index (χ0) is 15.0. The number of pyridine rings is 1. The standard InChI is InChI=1S/C16H13ClFN3/c17-13-5-4-11(18)7-12(13)15-10(8-19)6-9-2-1-3-14(20)16(9)21-15/h1-7H,8,19-20H2. The first-order valence-corrected chi connectivity index (χ1v) is 6.81. The number of benzene rings is 2. The Kier molecular flexibility index (Phi) is 3.49. The van der Waals surface area contributed by atoms with Crippen LogP contribution in [0.3, 0.4) is 0 Å². The molecule has 1 heterocycles. The smallest absolute Gasteiger partial charge is 0.123 e. The van der Waals surface area contributed by atoms with Gasteiger partial charge in [0.25, 0.3) is 0 Å². The van der Waals surface area contributed by atoms with E-state index >= 15 is 0 Å². The van der Waals surface area contributed by atoms with Gasteiger partial charge >= 0.3 is 0 Å². The third-order valence-electron chi connectivity index (χ3n) is 3.36. The van der Waals surface area contributed by atoms with Crippen LogP contribution in [0.4, 0.5) is 10.1 Å². The Morgan fingerprint density at radius 3 is 2.71 bits per heavy atom. The maximum atomic E-state index is 13.5. The molecule has 0 fully saturated rings. The van der Waals surface area contributed by atoms with E-state index in [1.165, 1.54) is 18.2 Å². The van der Waals surface area contributed by atoms with Gasteiger partial charge in [-0.3, -0.25) is 0 Å². The van der Waals surface area contributed by atoms with Crippen molar-refractivity contribution >= 4 is 28.2 Å². The number of rotatable bonds is 2. The van der Waals surface area contributed by atoms with E-state index < -0.39 is 0 Å². The van der Waals surface area contributed by atoms with Crippen molar-refractivity contribution in [2.24, 2.45) is 5.73 Å². The molecule has 0 aliphatic heterocycles. The topological polar surface area (TPSA) is 64.9 Å². The number of anilines is 1. The SMILES string of the molecule is NCc1cc2cccc(N)c2nc1-c1cc(F)ccc1Cl. The monoisotopic (exact) mass is 301 g/mol. The molecular weight excluding hydrogens is 289 g/mol. The number of nitrogens with zero attached hydrogens (tertiary/aromatic N) is 1. The minimum atomic E-state index is -0.375. The summed E-state index contributed by atoms with van der Waals surface area (Å²) in [7, 11) is 0. The lowest BCUT2D eigenvalue weighted by Crippen LogP contribution is -2.03. The summed E-state index contributed by atoms with van der Waals surface area (Å²) in [6, 6.07) is 11.6. The molecule has 0 bridgehead atoms. The molecule has 4 N–H and O–H groups in total. The molecule has 0 radical (unpaired) electrons. The van der Waals surface area contributed by atoms with E-state index in [1.54, 1.807) is 6.07 Å². The van der Waals surface area contributed by atoms with Gasteiger partial charge in [-0.25, -0.2) is 9.37 Å². The van der Waals surface area contributed by atoms with Gasteiger partial charge in [-0.05, 0) is 35.9 Å². The average molecular weight is 302 g/mol. The first-order valence-electron chi connectivity index (χ1n) is 6.44. The van der Waals surface area contributed by atoms with Crippen molar-refractivity contribution in [3.05, 3.63) is 58.9 Å². The highest BCUT2D eigenvalue weighted by Crippen LogP contribution is 2.32. The Bertz CT molecular complexity index is 833. The Morgan fingerprint density at radius 1 is 1.14 bits per heavy atom. The van der Waals surface area contributed by atoms with Crippen LogP contribution in [0.1, 0.15) is 5.56 Å². The highest BCUT2D eigenvalue weighted by molar-refractivity contribution is 6.33. The third kappa shape index (κ3) is 2.44. The lowest BCUT2D eigenvalue weighted by molar-refractivity contribution is 0.628. The Morgan fingerprint density at radius 2 is 1.95 bits per heavy atom. The van der Waals surface area contributed by atoms with Crippen molar-refractivity contribution in [1.29, 1.82) is 0 Å². The van der Waals surface area contributed by atoms with Crippen LogP contribution in [0.25, 0.3) is 22.2 Å². The number of nitrogen functional groups attached to an aromatic ring is 1. The normalized spacial score (nSPS) is 11.0. The molecule has 0 aliphatic carbocycles. The van der Waals surface area contributed by atoms with Crippen molar-refractivity contribution in [3.63, 3.8) is 0 Å². The van der Waals surface area contributed by atoms with E-state index in [-0.39, 0.29) is 12.4 Å². The van der Waals surface area contributed by atoms with Crippen molar-refractivity contribution in [3.8, 4) is 11.3 Å². The van der Waals surface area contributed by atoms with Gasteiger partial charge in [0.15, 0.2) is 0 Å². The van der Waals surface area contributed by atoms with Crippen LogP contribution in [0.5, 0.6) is 0 Å². The average Bonchev–Trinajstić information content (AvgIpc) is 2.49. The van der Waals surface area contributed by atoms with Gasteiger partial charge < -0.3 is 11.5 Å². The molecule has 1 aromatic heterocycles. The Balaban J connectivity index is 2.35. The van der Waals surface area contributed by atoms with Gasteiger partial charge in [0, 0.05) is 17.5 Å². The number of aromatic nitrogens is 1. The van der Waals surface area contributed by atoms with Gasteiger partial charge in [-0.1, -0.05) is 23.7 Å². The highest BCUT2D eigenvalue weighted by atomic mass is 35.5. The fraction of sp³-hybridized carbons (Fsp3) is 0.0625. The second-order valence-electron chi connectivity index (χ2n) is 4.74. The molecular formula is C16H13ClFN3. The molecule has 0 atom stereocenters. The van der Waals surface area contributed by atoms with Gasteiger partial charge in [0.05, 0.1) is 21.9 Å². The van der Waals surface area contributed by atoms with Crippen LogP contribution in [-0.2, 0) is 6.54 Å². The number of para-hydroxylation sites is 1. The van der Waals surface area contributed by atoms with E-state index in [0.717, 1.165) is 10.9 Å². The number of nitrogens with two attached hydrogens (primary N) is 2. The first kappa shape index (κ1) is 13.8. The maximum absolute atomic E-state index is 13.5. The van der Waals surface area contributed by atoms with E-state index in [2.05, 4.69) is 4.98 Å². The number of hydrogen-bond acceptors (Lipinski definition) is 3. The molecule has 0 spiro atoms. The highest BCUT2D eigenvalue weighted by Gasteiger charge is 2.13. The van der Waals surface area contributed by atoms with Crippen molar-refractivity contribution in [2.45, 2.75) is 6.54 Å². The maximum Gasteiger partial charge on any atom is 0.123 e.